The van der Waals surface area contributed by atoms with Crippen LogP contribution in [0.4, 0.5) is 5.82 Å². The second-order valence-corrected chi connectivity index (χ2v) is 9.69. The molecule has 0 bridgehead atoms. The van der Waals surface area contributed by atoms with Crippen molar-refractivity contribution < 1.29 is 18.7 Å². The van der Waals surface area contributed by atoms with E-state index in [-0.39, 0.29) is 16.8 Å². The summed E-state index contributed by atoms with van der Waals surface area (Å²) in [6.07, 6.45) is 2.51. The summed E-state index contributed by atoms with van der Waals surface area (Å²) in [5, 5.41) is 0.717. The number of pyridine rings is 1. The van der Waals surface area contributed by atoms with Gasteiger partial charge in [0.05, 0.1) is 30.2 Å². The largest absolute Gasteiger partial charge is 0.490 e. The highest BCUT2D eigenvalue weighted by molar-refractivity contribution is 6.31. The van der Waals surface area contributed by atoms with Crippen LogP contribution in [0.2, 0.25) is 5.02 Å². The highest BCUT2D eigenvalue weighted by Gasteiger charge is 2.44. The zero-order valence-electron chi connectivity index (χ0n) is 20.9. The molecule has 1 unspecified atom stereocenters. The highest BCUT2D eigenvalue weighted by atomic mass is 35.5. The van der Waals surface area contributed by atoms with Gasteiger partial charge in [-0.1, -0.05) is 37.6 Å². The normalized spacial score (nSPS) is 14.9. The number of aromatic nitrogens is 1. The minimum Gasteiger partial charge on any atom is -0.490 e. The van der Waals surface area contributed by atoms with E-state index in [1.54, 1.807) is 42.6 Å². The van der Waals surface area contributed by atoms with E-state index in [4.69, 9.17) is 25.5 Å². The maximum atomic E-state index is 13.8. The van der Waals surface area contributed by atoms with Gasteiger partial charge in [-0.25, -0.2) is 4.98 Å². The molecule has 0 saturated carbocycles. The Hall–Kier alpha value is -3.84. The Labute approximate surface area is 219 Å². The molecular weight excluding hydrogens is 492 g/mol. The predicted octanol–water partition coefficient (Wildman–Crippen LogP) is 6.41. The zero-order chi connectivity index (χ0) is 26.1. The number of fused-ring (bicyclic) bond motifs is 2. The minimum atomic E-state index is -0.777. The quantitative estimate of drug-likeness (QED) is 0.268. The van der Waals surface area contributed by atoms with Crippen molar-refractivity contribution in [2.24, 2.45) is 5.92 Å². The summed E-state index contributed by atoms with van der Waals surface area (Å²) in [5.74, 6) is 1.61. The van der Waals surface area contributed by atoms with Crippen molar-refractivity contribution in [3.05, 3.63) is 92.9 Å². The van der Waals surface area contributed by atoms with Crippen LogP contribution in [0.1, 0.15) is 54.9 Å². The molecule has 3 heterocycles. The maximum Gasteiger partial charge on any atom is 0.296 e. The molecule has 0 N–H and O–H groups in total. The Balaban J connectivity index is 1.68. The van der Waals surface area contributed by atoms with Crippen LogP contribution < -0.4 is 19.8 Å². The molecule has 1 atom stereocenters. The lowest BCUT2D eigenvalue weighted by Crippen LogP contribution is -2.30. The van der Waals surface area contributed by atoms with Crippen LogP contribution in [-0.2, 0) is 0 Å². The molecular formula is C29H27ClN2O5. The van der Waals surface area contributed by atoms with Crippen LogP contribution >= 0.6 is 11.6 Å². The van der Waals surface area contributed by atoms with E-state index in [0.717, 1.165) is 6.42 Å². The number of halogens is 1. The van der Waals surface area contributed by atoms with Gasteiger partial charge in [-0.05, 0) is 67.3 Å². The van der Waals surface area contributed by atoms with Crippen LogP contribution in [0.3, 0.4) is 0 Å². The maximum absolute atomic E-state index is 13.8. The van der Waals surface area contributed by atoms with Crippen LogP contribution in [0.15, 0.2) is 70.0 Å². The van der Waals surface area contributed by atoms with Gasteiger partial charge in [-0.2, -0.15) is 0 Å². The standard InChI is InChI=1S/C29H27ClN2O5/c1-4-35-23-15-18(8-10-22(23)36-14-12-17(2)3)26-25-27(33)20-16-19(30)9-11-21(20)37-28(25)29(34)32(26)24-7-5-6-13-31-24/h5-11,13,15-17,26H,4,12,14H2,1-3H3. The van der Waals surface area contributed by atoms with Crippen molar-refractivity contribution in [2.45, 2.75) is 33.2 Å². The van der Waals surface area contributed by atoms with Crippen molar-refractivity contribution in [3.63, 3.8) is 0 Å². The van der Waals surface area contributed by atoms with Crippen LogP contribution in [0, 0.1) is 5.92 Å². The summed E-state index contributed by atoms with van der Waals surface area (Å²) in [4.78, 5) is 33.4. The van der Waals surface area contributed by atoms with Gasteiger partial charge in [0.15, 0.2) is 16.9 Å². The zero-order valence-corrected chi connectivity index (χ0v) is 21.6. The summed E-state index contributed by atoms with van der Waals surface area (Å²) in [6, 6.07) is 14.8. The molecule has 190 valence electrons. The van der Waals surface area contributed by atoms with Crippen LogP contribution in [-0.4, -0.2) is 24.1 Å². The number of benzene rings is 2. The first kappa shape index (κ1) is 24.8. The van der Waals surface area contributed by atoms with Gasteiger partial charge in [0.1, 0.15) is 11.4 Å². The molecule has 0 radical (unpaired) electrons. The van der Waals surface area contributed by atoms with Gasteiger partial charge in [0.25, 0.3) is 5.91 Å². The van der Waals surface area contributed by atoms with E-state index in [1.165, 1.54) is 4.90 Å². The SMILES string of the molecule is CCOc1cc(C2c3c(oc4ccc(Cl)cc4c3=O)C(=O)N2c2ccccn2)ccc1OCCC(C)C. The van der Waals surface area contributed by atoms with E-state index < -0.39 is 11.9 Å². The second-order valence-electron chi connectivity index (χ2n) is 9.25. The molecule has 37 heavy (non-hydrogen) atoms. The molecule has 0 aliphatic carbocycles. The predicted molar refractivity (Wildman–Crippen MR) is 143 cm³/mol. The fourth-order valence-electron chi connectivity index (χ4n) is 4.48. The van der Waals surface area contributed by atoms with Crippen LogP contribution in [0.5, 0.6) is 11.5 Å². The fourth-order valence-corrected chi connectivity index (χ4v) is 4.65. The number of nitrogens with zero attached hydrogens (tertiary/aromatic N) is 2. The Morgan fingerprint density at radius 2 is 1.89 bits per heavy atom. The second kappa shape index (κ2) is 10.3. The first-order valence-electron chi connectivity index (χ1n) is 12.3. The van der Waals surface area contributed by atoms with Gasteiger partial charge in [-0.3, -0.25) is 14.5 Å². The molecule has 1 amide bonds. The number of hydrogen-bond donors (Lipinski definition) is 0. The third-order valence-corrected chi connectivity index (χ3v) is 6.50. The Morgan fingerprint density at radius 1 is 1.05 bits per heavy atom. The average Bonchev–Trinajstić information content (AvgIpc) is 3.18. The monoisotopic (exact) mass is 518 g/mol. The van der Waals surface area contributed by atoms with E-state index in [2.05, 4.69) is 18.8 Å². The third kappa shape index (κ3) is 4.67. The first-order chi connectivity index (χ1) is 17.9. The van der Waals surface area contributed by atoms with Crippen LogP contribution in [0.25, 0.3) is 11.0 Å². The highest BCUT2D eigenvalue weighted by Crippen LogP contribution is 2.43. The number of amides is 1. The van der Waals surface area contributed by atoms with Crippen molar-refractivity contribution in [1.29, 1.82) is 0 Å². The Kier molecular flexibility index (Phi) is 6.89. The van der Waals surface area contributed by atoms with Gasteiger partial charge in [-0.15, -0.1) is 0 Å². The molecule has 2 aromatic heterocycles. The third-order valence-electron chi connectivity index (χ3n) is 6.26. The topological polar surface area (TPSA) is 81.9 Å². The summed E-state index contributed by atoms with van der Waals surface area (Å²) in [5.41, 5.74) is 0.894. The lowest BCUT2D eigenvalue weighted by Gasteiger charge is -2.25. The average molecular weight is 519 g/mol. The summed E-state index contributed by atoms with van der Waals surface area (Å²) in [6.45, 7) is 7.15. The van der Waals surface area contributed by atoms with Gasteiger partial charge in [0, 0.05) is 11.2 Å². The number of carbonyl (C=O) groups excluding carboxylic acids is 1. The molecule has 4 aromatic rings. The molecule has 2 aromatic carbocycles. The lowest BCUT2D eigenvalue weighted by molar-refractivity contribution is 0.0970. The summed E-state index contributed by atoms with van der Waals surface area (Å²) in [7, 11) is 0. The van der Waals surface area contributed by atoms with E-state index >= 15 is 0 Å². The summed E-state index contributed by atoms with van der Waals surface area (Å²) < 4.78 is 17.9. The van der Waals surface area contributed by atoms with Gasteiger partial charge < -0.3 is 13.9 Å². The Bertz CT molecular complexity index is 1520. The number of ether oxygens (including phenoxy) is 2. The van der Waals surface area contributed by atoms with Gasteiger partial charge >= 0.3 is 0 Å². The van der Waals surface area contributed by atoms with Gasteiger partial charge in [0.2, 0.25) is 5.76 Å². The molecule has 7 nitrogen and oxygen atoms in total. The first-order valence-corrected chi connectivity index (χ1v) is 12.7. The van der Waals surface area contributed by atoms with E-state index in [1.807, 2.05) is 25.1 Å². The van der Waals surface area contributed by atoms with Crippen molar-refractivity contribution in [2.75, 3.05) is 18.1 Å². The number of anilines is 1. The molecule has 1 aliphatic heterocycles. The number of carbonyl (C=O) groups is 1. The number of rotatable bonds is 8. The van der Waals surface area contributed by atoms with Crippen molar-refractivity contribution in [1.82, 2.24) is 4.98 Å². The summed E-state index contributed by atoms with van der Waals surface area (Å²) >= 11 is 6.18. The van der Waals surface area contributed by atoms with Crippen molar-refractivity contribution >= 4 is 34.3 Å². The molecule has 0 saturated heterocycles. The molecule has 0 fully saturated rings. The molecule has 0 spiro atoms. The Morgan fingerprint density at radius 3 is 2.62 bits per heavy atom. The fraction of sp³-hybridized carbons (Fsp3) is 0.276. The molecule has 8 heteroatoms. The molecule has 1 aliphatic rings. The van der Waals surface area contributed by atoms with E-state index in [9.17, 15) is 9.59 Å². The smallest absolute Gasteiger partial charge is 0.296 e. The minimum absolute atomic E-state index is 0.00862. The number of hydrogen-bond acceptors (Lipinski definition) is 6. The lowest BCUT2D eigenvalue weighted by atomic mass is 9.98. The van der Waals surface area contributed by atoms with E-state index in [0.29, 0.717) is 58.0 Å². The molecule has 5 rings (SSSR count). The van der Waals surface area contributed by atoms with Crippen molar-refractivity contribution in [3.8, 4) is 11.5 Å².